The second-order valence-corrected chi connectivity index (χ2v) is 2.86. The largest absolute Gasteiger partial charge is 0.464 e. The third-order valence-corrected chi connectivity index (χ3v) is 1.94. The van der Waals surface area contributed by atoms with Crippen molar-refractivity contribution in [2.24, 2.45) is 5.73 Å². The highest BCUT2D eigenvalue weighted by Crippen LogP contribution is 2.25. The quantitative estimate of drug-likeness (QED) is 0.634. The zero-order chi connectivity index (χ0) is 12.3. The van der Waals surface area contributed by atoms with Crippen molar-refractivity contribution in [2.45, 2.75) is 13.0 Å². The Kier molecular flexibility index (Phi) is 3.83. The Hall–Kier alpha value is -1.63. The van der Waals surface area contributed by atoms with Crippen LogP contribution in [0.4, 0.5) is 13.2 Å². The van der Waals surface area contributed by atoms with Gasteiger partial charge in [0.1, 0.15) is 0 Å². The van der Waals surface area contributed by atoms with Crippen LogP contribution in [0.5, 0.6) is 0 Å². The van der Waals surface area contributed by atoms with E-state index in [4.69, 9.17) is 5.73 Å². The van der Waals surface area contributed by atoms with Crippen LogP contribution in [0.15, 0.2) is 6.07 Å². The van der Waals surface area contributed by atoms with Gasteiger partial charge in [0.05, 0.1) is 7.11 Å². The van der Waals surface area contributed by atoms with E-state index in [1.807, 2.05) is 0 Å². The number of alkyl halides is 2. The van der Waals surface area contributed by atoms with E-state index in [1.165, 1.54) is 0 Å². The van der Waals surface area contributed by atoms with Crippen molar-refractivity contribution in [2.75, 3.05) is 7.11 Å². The number of aromatic nitrogens is 1. The molecule has 0 aromatic carbocycles. The molecular formula is C9H9F3N2O2. The van der Waals surface area contributed by atoms with Crippen molar-refractivity contribution in [3.63, 3.8) is 0 Å². The number of ether oxygens (including phenoxy) is 1. The molecule has 1 aromatic rings. The number of carbonyl (C=O) groups is 1. The monoisotopic (exact) mass is 234 g/mol. The minimum Gasteiger partial charge on any atom is -0.464 e. The number of rotatable bonds is 3. The summed E-state index contributed by atoms with van der Waals surface area (Å²) in [4.78, 5) is 14.2. The van der Waals surface area contributed by atoms with E-state index in [-0.39, 0.29) is 0 Å². The van der Waals surface area contributed by atoms with Crippen LogP contribution in [0.25, 0.3) is 0 Å². The fourth-order valence-corrected chi connectivity index (χ4v) is 1.16. The molecule has 4 nitrogen and oxygen atoms in total. The lowest BCUT2D eigenvalue weighted by atomic mass is 10.1. The third kappa shape index (κ3) is 2.30. The first kappa shape index (κ1) is 12.4. The maximum absolute atomic E-state index is 13.2. The normalized spacial score (nSPS) is 10.6. The molecule has 88 valence electrons. The maximum Gasteiger partial charge on any atom is 0.356 e. The van der Waals surface area contributed by atoms with Gasteiger partial charge in [-0.1, -0.05) is 0 Å². The van der Waals surface area contributed by atoms with Crippen LogP contribution in [-0.2, 0) is 11.3 Å². The molecule has 0 bridgehead atoms. The van der Waals surface area contributed by atoms with E-state index in [9.17, 15) is 18.0 Å². The molecule has 0 aliphatic rings. The third-order valence-electron chi connectivity index (χ3n) is 1.94. The number of esters is 1. The summed E-state index contributed by atoms with van der Waals surface area (Å²) in [6, 6.07) is 0.780. The Morgan fingerprint density at radius 1 is 1.62 bits per heavy atom. The van der Waals surface area contributed by atoms with E-state index in [0.29, 0.717) is 0 Å². The summed E-state index contributed by atoms with van der Waals surface area (Å²) >= 11 is 0. The fraction of sp³-hybridized carbons (Fsp3) is 0.333. The molecule has 0 aliphatic carbocycles. The molecule has 0 spiro atoms. The maximum atomic E-state index is 13.2. The number of carbonyl (C=O) groups excluding carboxylic acids is 1. The molecular weight excluding hydrogens is 225 g/mol. The van der Waals surface area contributed by atoms with Crippen molar-refractivity contribution in [1.29, 1.82) is 0 Å². The van der Waals surface area contributed by atoms with Gasteiger partial charge in [0.15, 0.2) is 5.69 Å². The fourth-order valence-electron chi connectivity index (χ4n) is 1.16. The molecule has 1 heterocycles. The number of pyridine rings is 1. The van der Waals surface area contributed by atoms with E-state index < -0.39 is 41.7 Å². The Bertz CT molecular complexity index is 410. The smallest absolute Gasteiger partial charge is 0.356 e. The summed E-state index contributed by atoms with van der Waals surface area (Å²) in [5.74, 6) is -2.16. The zero-order valence-electron chi connectivity index (χ0n) is 8.34. The van der Waals surface area contributed by atoms with Gasteiger partial charge in [-0.3, -0.25) is 0 Å². The molecule has 1 rings (SSSR count). The molecule has 0 atom stereocenters. The standard InChI is InChI=1S/C9H9F3N2O2/c1-16-9(15)6-2-4(7(10)11)5(3-13)8(12)14-6/h2,7H,3,13H2,1H3. The van der Waals surface area contributed by atoms with Crippen LogP contribution in [0.2, 0.25) is 0 Å². The minimum absolute atomic E-state index is 0.400. The lowest BCUT2D eigenvalue weighted by Gasteiger charge is -2.09. The SMILES string of the molecule is COC(=O)c1cc(C(F)F)c(CN)c(F)n1. The van der Waals surface area contributed by atoms with E-state index >= 15 is 0 Å². The van der Waals surface area contributed by atoms with Crippen molar-refractivity contribution >= 4 is 5.97 Å². The van der Waals surface area contributed by atoms with Crippen LogP contribution < -0.4 is 5.73 Å². The van der Waals surface area contributed by atoms with Gasteiger partial charge in [0.25, 0.3) is 6.43 Å². The molecule has 0 fully saturated rings. The Labute approximate surface area is 89.2 Å². The predicted octanol–water partition coefficient (Wildman–Crippen LogP) is 1.40. The lowest BCUT2D eigenvalue weighted by molar-refractivity contribution is 0.0591. The molecule has 2 N–H and O–H groups in total. The second-order valence-electron chi connectivity index (χ2n) is 2.86. The van der Waals surface area contributed by atoms with Crippen LogP contribution in [-0.4, -0.2) is 18.1 Å². The number of hydrogen-bond acceptors (Lipinski definition) is 4. The highest BCUT2D eigenvalue weighted by Gasteiger charge is 2.21. The van der Waals surface area contributed by atoms with Gasteiger partial charge in [-0.2, -0.15) is 4.39 Å². The summed E-state index contributed by atoms with van der Waals surface area (Å²) < 4.78 is 42.6. The Morgan fingerprint density at radius 2 is 2.25 bits per heavy atom. The van der Waals surface area contributed by atoms with Crippen LogP contribution >= 0.6 is 0 Å². The molecule has 16 heavy (non-hydrogen) atoms. The first-order chi connectivity index (χ1) is 7.51. The molecule has 1 aromatic heterocycles. The van der Waals surface area contributed by atoms with Crippen LogP contribution in [0.3, 0.4) is 0 Å². The lowest BCUT2D eigenvalue weighted by Crippen LogP contribution is -2.13. The van der Waals surface area contributed by atoms with Gasteiger partial charge in [0, 0.05) is 17.7 Å². The summed E-state index contributed by atoms with van der Waals surface area (Å²) in [6.07, 6.45) is -2.93. The summed E-state index contributed by atoms with van der Waals surface area (Å²) in [5.41, 5.74) is 3.57. The van der Waals surface area contributed by atoms with Crippen molar-refractivity contribution < 1.29 is 22.7 Å². The van der Waals surface area contributed by atoms with Gasteiger partial charge in [-0.15, -0.1) is 0 Å². The van der Waals surface area contributed by atoms with E-state index in [2.05, 4.69) is 9.72 Å². The summed E-state index contributed by atoms with van der Waals surface area (Å²) in [5, 5.41) is 0. The van der Waals surface area contributed by atoms with Gasteiger partial charge < -0.3 is 10.5 Å². The zero-order valence-corrected chi connectivity index (χ0v) is 8.34. The van der Waals surface area contributed by atoms with Gasteiger partial charge >= 0.3 is 5.97 Å². The van der Waals surface area contributed by atoms with Crippen molar-refractivity contribution in [1.82, 2.24) is 4.98 Å². The first-order valence-corrected chi connectivity index (χ1v) is 4.27. The highest BCUT2D eigenvalue weighted by molar-refractivity contribution is 5.87. The summed E-state index contributed by atoms with van der Waals surface area (Å²) in [7, 11) is 1.04. The van der Waals surface area contributed by atoms with Gasteiger partial charge in [0.2, 0.25) is 5.95 Å². The first-order valence-electron chi connectivity index (χ1n) is 4.27. The van der Waals surface area contributed by atoms with Crippen LogP contribution in [0.1, 0.15) is 28.0 Å². The Balaban J connectivity index is 3.33. The van der Waals surface area contributed by atoms with Gasteiger partial charge in [-0.25, -0.2) is 18.6 Å². The number of nitrogens with zero attached hydrogens (tertiary/aromatic N) is 1. The van der Waals surface area contributed by atoms with Gasteiger partial charge in [-0.05, 0) is 6.07 Å². The molecule has 7 heteroatoms. The Morgan fingerprint density at radius 3 is 2.69 bits per heavy atom. The number of methoxy groups -OCH3 is 1. The molecule has 0 unspecified atom stereocenters. The second kappa shape index (κ2) is 4.93. The highest BCUT2D eigenvalue weighted by atomic mass is 19.3. The average molecular weight is 234 g/mol. The number of nitrogens with two attached hydrogens (primary N) is 1. The predicted molar refractivity (Wildman–Crippen MR) is 48.4 cm³/mol. The summed E-state index contributed by atoms with van der Waals surface area (Å²) in [6.45, 7) is -0.417. The van der Waals surface area contributed by atoms with Crippen molar-refractivity contribution in [3.05, 3.63) is 28.8 Å². The van der Waals surface area contributed by atoms with E-state index in [0.717, 1.165) is 13.2 Å². The molecule has 0 amide bonds. The molecule has 0 saturated carbocycles. The topological polar surface area (TPSA) is 65.2 Å². The van der Waals surface area contributed by atoms with Crippen molar-refractivity contribution in [3.8, 4) is 0 Å². The number of halogens is 3. The molecule has 0 saturated heterocycles. The van der Waals surface area contributed by atoms with E-state index in [1.54, 1.807) is 0 Å². The molecule has 0 radical (unpaired) electrons. The molecule has 0 aliphatic heterocycles. The van der Waals surface area contributed by atoms with Crippen LogP contribution in [0, 0.1) is 5.95 Å². The minimum atomic E-state index is -2.93. The number of hydrogen-bond donors (Lipinski definition) is 1. The average Bonchev–Trinajstić information content (AvgIpc) is 2.26.